The maximum absolute atomic E-state index is 13.4. The van der Waals surface area contributed by atoms with Gasteiger partial charge in [0.1, 0.15) is 11.3 Å². The maximum atomic E-state index is 13.4. The molecule has 0 saturated carbocycles. The largest absolute Gasteiger partial charge is 0.369 e. The molecule has 1 aromatic heterocycles. The Morgan fingerprint density at radius 1 is 1.16 bits per heavy atom. The van der Waals surface area contributed by atoms with Crippen LogP contribution < -0.4 is 4.90 Å². The smallest absolute Gasteiger partial charge is 0.272 e. The topological polar surface area (TPSA) is 49.3 Å². The minimum Gasteiger partial charge on any atom is -0.369 e. The number of carbonyl (C=O) groups excluding carboxylic acids is 1. The minimum atomic E-state index is -2.70. The SMILES string of the molecule is CC(C(=O)C[C@@H]1C[C@H](C)CN(c2ccc(C(F)F)c3nccnc23)C1)N1CC(F)(F)C1. The van der Waals surface area contributed by atoms with Crippen LogP contribution >= 0.6 is 0 Å². The van der Waals surface area contributed by atoms with E-state index in [-0.39, 0.29) is 41.8 Å². The molecule has 168 valence electrons. The molecular formula is C22H26F4N4O. The van der Waals surface area contributed by atoms with Crippen molar-refractivity contribution in [1.29, 1.82) is 0 Å². The highest BCUT2D eigenvalue weighted by molar-refractivity contribution is 5.90. The molecule has 1 unspecified atom stereocenters. The highest BCUT2D eigenvalue weighted by Crippen LogP contribution is 2.36. The number of alkyl halides is 4. The third kappa shape index (κ3) is 4.51. The zero-order valence-electron chi connectivity index (χ0n) is 17.6. The van der Waals surface area contributed by atoms with Gasteiger partial charge in [0.2, 0.25) is 0 Å². The van der Waals surface area contributed by atoms with E-state index in [0.717, 1.165) is 18.7 Å². The van der Waals surface area contributed by atoms with Crippen molar-refractivity contribution in [2.75, 3.05) is 31.1 Å². The lowest BCUT2D eigenvalue weighted by Gasteiger charge is -2.43. The molecule has 3 atom stereocenters. The molecule has 0 radical (unpaired) electrons. The molecule has 0 bridgehead atoms. The standard InChI is InChI=1S/C22H26F4N4O/c1-13-7-15(8-18(31)14(2)30-11-22(25,26)12-30)10-29(9-13)17-4-3-16(21(23)24)19-20(17)28-6-5-27-19/h3-6,13-15,21H,7-12H2,1-2H3/t13-,14?,15-/m0/s1. The van der Waals surface area contributed by atoms with Gasteiger partial charge in [0.15, 0.2) is 0 Å². The molecule has 5 nitrogen and oxygen atoms in total. The fourth-order valence-electron chi connectivity index (χ4n) is 4.80. The molecule has 4 rings (SSSR count). The molecule has 2 aliphatic heterocycles. The number of hydrogen-bond donors (Lipinski definition) is 0. The van der Waals surface area contributed by atoms with E-state index in [1.54, 1.807) is 13.0 Å². The molecule has 31 heavy (non-hydrogen) atoms. The average molecular weight is 438 g/mol. The van der Waals surface area contributed by atoms with Gasteiger partial charge in [0.05, 0.1) is 30.3 Å². The highest BCUT2D eigenvalue weighted by Gasteiger charge is 2.47. The van der Waals surface area contributed by atoms with Crippen LogP contribution in [0.2, 0.25) is 0 Å². The second-order valence-corrected chi connectivity index (χ2v) is 8.95. The molecule has 0 amide bonds. The second-order valence-electron chi connectivity index (χ2n) is 8.95. The Kier molecular flexibility index (Phi) is 5.89. The van der Waals surface area contributed by atoms with Crippen LogP contribution in [0.15, 0.2) is 24.5 Å². The summed E-state index contributed by atoms with van der Waals surface area (Å²) in [5.41, 5.74) is 1.19. The summed E-state index contributed by atoms with van der Waals surface area (Å²) in [6.45, 7) is 4.34. The van der Waals surface area contributed by atoms with Gasteiger partial charge in [0, 0.05) is 37.5 Å². The van der Waals surface area contributed by atoms with E-state index in [9.17, 15) is 22.4 Å². The van der Waals surface area contributed by atoms with E-state index in [1.165, 1.54) is 23.4 Å². The molecule has 1 aromatic carbocycles. The first-order valence-electron chi connectivity index (χ1n) is 10.6. The summed E-state index contributed by atoms with van der Waals surface area (Å²) in [5, 5.41) is 0. The zero-order chi connectivity index (χ0) is 22.3. The van der Waals surface area contributed by atoms with E-state index in [1.807, 2.05) is 0 Å². The van der Waals surface area contributed by atoms with Gasteiger partial charge in [-0.1, -0.05) is 6.92 Å². The number of aromatic nitrogens is 2. The van der Waals surface area contributed by atoms with Crippen LogP contribution in [0.25, 0.3) is 11.0 Å². The number of anilines is 1. The van der Waals surface area contributed by atoms with E-state index in [0.29, 0.717) is 18.5 Å². The summed E-state index contributed by atoms with van der Waals surface area (Å²) in [4.78, 5) is 24.8. The molecular weight excluding hydrogens is 412 g/mol. The number of Topliss-reactive ketones (excluding diaryl/α,β-unsaturated/α-hetero) is 1. The molecule has 2 saturated heterocycles. The predicted molar refractivity (Wildman–Crippen MR) is 110 cm³/mol. The number of hydrogen-bond acceptors (Lipinski definition) is 5. The van der Waals surface area contributed by atoms with Gasteiger partial charge in [-0.3, -0.25) is 19.7 Å². The van der Waals surface area contributed by atoms with Gasteiger partial charge in [-0.25, -0.2) is 17.6 Å². The van der Waals surface area contributed by atoms with Gasteiger partial charge < -0.3 is 4.90 Å². The van der Waals surface area contributed by atoms with Crippen molar-refractivity contribution in [3.8, 4) is 0 Å². The minimum absolute atomic E-state index is 0.0350. The summed E-state index contributed by atoms with van der Waals surface area (Å²) in [6.07, 6.45) is 1.40. The molecule has 0 N–H and O–H groups in total. The zero-order valence-corrected chi connectivity index (χ0v) is 17.6. The van der Waals surface area contributed by atoms with Gasteiger partial charge in [0.25, 0.3) is 12.3 Å². The number of benzene rings is 1. The third-order valence-corrected chi connectivity index (χ3v) is 6.33. The van der Waals surface area contributed by atoms with Crippen LogP contribution in [0.5, 0.6) is 0 Å². The average Bonchev–Trinajstić information content (AvgIpc) is 2.69. The normalized spacial score (nSPS) is 24.9. The van der Waals surface area contributed by atoms with Crippen molar-refractivity contribution in [3.63, 3.8) is 0 Å². The Morgan fingerprint density at radius 2 is 1.84 bits per heavy atom. The molecule has 0 spiro atoms. The number of nitrogens with zero attached hydrogens (tertiary/aromatic N) is 4. The first-order valence-corrected chi connectivity index (χ1v) is 10.6. The Morgan fingerprint density at radius 3 is 2.48 bits per heavy atom. The van der Waals surface area contributed by atoms with Gasteiger partial charge in [-0.05, 0) is 37.3 Å². The van der Waals surface area contributed by atoms with Crippen LogP contribution in [0, 0.1) is 11.8 Å². The number of ketones is 1. The summed E-state index contributed by atoms with van der Waals surface area (Å²) in [6, 6.07) is 2.52. The van der Waals surface area contributed by atoms with Gasteiger partial charge >= 0.3 is 0 Å². The molecule has 9 heteroatoms. The predicted octanol–water partition coefficient (Wildman–Crippen LogP) is 4.33. The van der Waals surface area contributed by atoms with Crippen LogP contribution in [0.1, 0.15) is 38.7 Å². The lowest BCUT2D eigenvalue weighted by molar-refractivity contribution is -0.155. The fourth-order valence-corrected chi connectivity index (χ4v) is 4.80. The van der Waals surface area contributed by atoms with E-state index in [2.05, 4.69) is 21.8 Å². The number of fused-ring (bicyclic) bond motifs is 1. The van der Waals surface area contributed by atoms with Crippen LogP contribution in [-0.2, 0) is 4.79 Å². The van der Waals surface area contributed by atoms with Crippen molar-refractivity contribution in [2.45, 2.75) is 45.1 Å². The number of piperidine rings is 1. The Balaban J connectivity index is 1.51. The fraction of sp³-hybridized carbons (Fsp3) is 0.591. The van der Waals surface area contributed by atoms with Gasteiger partial charge in [-0.2, -0.15) is 0 Å². The first-order chi connectivity index (χ1) is 14.6. The molecule has 3 heterocycles. The lowest BCUT2D eigenvalue weighted by Crippen LogP contribution is -2.61. The molecule has 2 aromatic rings. The Hall–Kier alpha value is -2.29. The van der Waals surface area contributed by atoms with Crippen molar-refractivity contribution < 1.29 is 22.4 Å². The van der Waals surface area contributed by atoms with E-state index in [4.69, 9.17) is 0 Å². The summed E-state index contributed by atoms with van der Waals surface area (Å²) >= 11 is 0. The molecule has 2 aliphatic rings. The van der Waals surface area contributed by atoms with Crippen molar-refractivity contribution in [3.05, 3.63) is 30.1 Å². The van der Waals surface area contributed by atoms with Crippen LogP contribution in [0.3, 0.4) is 0 Å². The van der Waals surface area contributed by atoms with Crippen molar-refractivity contribution >= 4 is 22.5 Å². The number of likely N-dealkylation sites (tertiary alicyclic amines) is 1. The Bertz CT molecular complexity index is 962. The van der Waals surface area contributed by atoms with Gasteiger partial charge in [-0.15, -0.1) is 0 Å². The monoisotopic (exact) mass is 438 g/mol. The summed E-state index contributed by atoms with van der Waals surface area (Å²) < 4.78 is 53.1. The van der Waals surface area contributed by atoms with Crippen molar-refractivity contribution in [1.82, 2.24) is 14.9 Å². The Labute approximate surface area is 178 Å². The quantitative estimate of drug-likeness (QED) is 0.629. The summed E-state index contributed by atoms with van der Waals surface area (Å²) in [5.74, 6) is -2.39. The van der Waals surface area contributed by atoms with Crippen molar-refractivity contribution in [2.24, 2.45) is 11.8 Å². The maximum Gasteiger partial charge on any atom is 0.272 e. The third-order valence-electron chi connectivity index (χ3n) is 6.33. The summed E-state index contributed by atoms with van der Waals surface area (Å²) in [7, 11) is 0. The molecule has 2 fully saturated rings. The van der Waals surface area contributed by atoms with Crippen LogP contribution in [-0.4, -0.2) is 58.8 Å². The number of rotatable bonds is 6. The van der Waals surface area contributed by atoms with E-state index < -0.39 is 18.4 Å². The number of carbonyl (C=O) groups is 1. The lowest BCUT2D eigenvalue weighted by atomic mass is 9.85. The number of halogens is 4. The second kappa shape index (κ2) is 8.33. The van der Waals surface area contributed by atoms with Crippen LogP contribution in [0.4, 0.5) is 23.2 Å². The molecule has 0 aliphatic carbocycles. The van der Waals surface area contributed by atoms with E-state index >= 15 is 0 Å². The highest BCUT2D eigenvalue weighted by atomic mass is 19.3. The first kappa shape index (κ1) is 21.9.